The second kappa shape index (κ2) is 4.19. The van der Waals surface area contributed by atoms with Crippen molar-refractivity contribution in [1.29, 1.82) is 0 Å². The molecule has 0 bridgehead atoms. The van der Waals surface area contributed by atoms with E-state index >= 15 is 0 Å². The first kappa shape index (κ1) is 9.93. The zero-order valence-corrected chi connectivity index (χ0v) is 7.64. The summed E-state index contributed by atoms with van der Waals surface area (Å²) >= 11 is 5.70. The molecule has 0 aliphatic heterocycles. The average molecular weight is 199 g/mol. The van der Waals surface area contributed by atoms with Crippen LogP contribution in [0.1, 0.15) is 5.56 Å². The largest absolute Gasteiger partial charge is 0.295 e. The molecule has 1 aromatic carbocycles. The summed E-state index contributed by atoms with van der Waals surface area (Å²) in [5.74, 6) is -0.534. The number of halogens is 2. The Morgan fingerprint density at radius 1 is 1.62 bits per heavy atom. The number of hydrogen-bond acceptors (Lipinski definition) is 1. The molecule has 0 N–H and O–H groups in total. The van der Waals surface area contributed by atoms with Gasteiger partial charge < -0.3 is 0 Å². The molecule has 0 aliphatic carbocycles. The third-order valence-electron chi connectivity index (χ3n) is 1.61. The summed E-state index contributed by atoms with van der Waals surface area (Å²) in [7, 11) is 0. The Morgan fingerprint density at radius 3 is 2.85 bits per heavy atom. The molecule has 13 heavy (non-hydrogen) atoms. The summed E-state index contributed by atoms with van der Waals surface area (Å²) in [4.78, 5) is 10.9. The first-order valence-electron chi connectivity index (χ1n) is 3.72. The van der Waals surface area contributed by atoms with Gasteiger partial charge in [0.15, 0.2) is 5.78 Å². The number of ketones is 1. The fraction of sp³-hybridized carbons (Fsp3) is 0.100. The van der Waals surface area contributed by atoms with Crippen LogP contribution in [-0.2, 0) is 11.2 Å². The number of allylic oxidation sites excluding steroid dienone is 1. The molecule has 0 heterocycles. The molecule has 3 heteroatoms. The molecular weight excluding hydrogens is 191 g/mol. The van der Waals surface area contributed by atoms with E-state index in [0.29, 0.717) is 5.56 Å². The summed E-state index contributed by atoms with van der Waals surface area (Å²) in [5.41, 5.74) is 0.618. The maximum absolute atomic E-state index is 12.6. The lowest BCUT2D eigenvalue weighted by atomic mass is 10.1. The number of carbonyl (C=O) groups excluding carboxylic acids is 1. The molecule has 0 amide bonds. The SMILES string of the molecule is C=CC(=O)Cc1ccc(F)cc1Cl. The van der Waals surface area contributed by atoms with E-state index in [1.54, 1.807) is 0 Å². The van der Waals surface area contributed by atoms with Gasteiger partial charge in [0.2, 0.25) is 0 Å². The first-order valence-corrected chi connectivity index (χ1v) is 4.10. The standard InChI is InChI=1S/C10H8ClFO/c1-2-9(13)5-7-3-4-8(12)6-10(7)11/h2-4,6H,1,5H2. The number of hydrogen-bond donors (Lipinski definition) is 0. The van der Waals surface area contributed by atoms with Gasteiger partial charge in [-0.1, -0.05) is 24.2 Å². The highest BCUT2D eigenvalue weighted by molar-refractivity contribution is 6.31. The molecule has 0 atom stereocenters. The predicted octanol–water partition coefficient (Wildman–Crippen LogP) is 2.78. The van der Waals surface area contributed by atoms with Gasteiger partial charge in [0.25, 0.3) is 0 Å². The van der Waals surface area contributed by atoms with Crippen molar-refractivity contribution in [2.45, 2.75) is 6.42 Å². The van der Waals surface area contributed by atoms with Crippen molar-refractivity contribution in [2.24, 2.45) is 0 Å². The van der Waals surface area contributed by atoms with E-state index in [0.717, 1.165) is 0 Å². The fourth-order valence-electron chi connectivity index (χ4n) is 0.925. The maximum atomic E-state index is 12.6. The van der Waals surface area contributed by atoms with Crippen molar-refractivity contribution < 1.29 is 9.18 Å². The smallest absolute Gasteiger partial charge is 0.159 e. The predicted molar refractivity (Wildman–Crippen MR) is 50.3 cm³/mol. The molecular formula is C10H8ClFO. The third kappa shape index (κ3) is 2.67. The van der Waals surface area contributed by atoms with Crippen molar-refractivity contribution in [3.8, 4) is 0 Å². The maximum Gasteiger partial charge on any atom is 0.159 e. The Bertz CT molecular complexity index is 347. The van der Waals surface area contributed by atoms with Crippen molar-refractivity contribution >= 4 is 17.4 Å². The first-order chi connectivity index (χ1) is 6.13. The molecule has 0 spiro atoms. The van der Waals surface area contributed by atoms with Gasteiger partial charge in [-0.25, -0.2) is 4.39 Å². The summed E-state index contributed by atoms with van der Waals surface area (Å²) in [6.07, 6.45) is 1.39. The van der Waals surface area contributed by atoms with Crippen LogP contribution in [0, 0.1) is 5.82 Å². The highest BCUT2D eigenvalue weighted by Gasteiger charge is 2.04. The highest BCUT2D eigenvalue weighted by atomic mass is 35.5. The Hall–Kier alpha value is -1.15. The van der Waals surface area contributed by atoms with Gasteiger partial charge in [-0.2, -0.15) is 0 Å². The number of benzene rings is 1. The van der Waals surface area contributed by atoms with E-state index in [9.17, 15) is 9.18 Å². The van der Waals surface area contributed by atoms with Crippen molar-refractivity contribution in [1.82, 2.24) is 0 Å². The van der Waals surface area contributed by atoms with Gasteiger partial charge in [-0.15, -0.1) is 0 Å². The van der Waals surface area contributed by atoms with Crippen LogP contribution in [0.2, 0.25) is 5.02 Å². The minimum absolute atomic E-state index is 0.131. The van der Waals surface area contributed by atoms with E-state index in [2.05, 4.69) is 6.58 Å². The van der Waals surface area contributed by atoms with Crippen LogP contribution < -0.4 is 0 Å². The zero-order valence-electron chi connectivity index (χ0n) is 6.89. The van der Waals surface area contributed by atoms with Gasteiger partial charge in [-0.3, -0.25) is 4.79 Å². The van der Waals surface area contributed by atoms with Gasteiger partial charge in [0.1, 0.15) is 5.82 Å². The van der Waals surface area contributed by atoms with Crippen LogP contribution in [0.5, 0.6) is 0 Å². The highest BCUT2D eigenvalue weighted by Crippen LogP contribution is 2.17. The lowest BCUT2D eigenvalue weighted by Gasteiger charge is -2.00. The minimum atomic E-state index is -0.403. The lowest BCUT2D eigenvalue weighted by molar-refractivity contribution is -0.114. The molecule has 0 radical (unpaired) electrons. The summed E-state index contributed by atoms with van der Waals surface area (Å²) < 4.78 is 12.6. The molecule has 0 unspecified atom stereocenters. The van der Waals surface area contributed by atoms with E-state index in [1.807, 2.05) is 0 Å². The molecule has 0 aliphatic rings. The van der Waals surface area contributed by atoms with E-state index < -0.39 is 5.82 Å². The van der Waals surface area contributed by atoms with Crippen LogP contribution in [-0.4, -0.2) is 5.78 Å². The average Bonchev–Trinajstić information content (AvgIpc) is 2.09. The van der Waals surface area contributed by atoms with Crippen LogP contribution in [0.4, 0.5) is 4.39 Å². The molecule has 68 valence electrons. The van der Waals surface area contributed by atoms with Crippen molar-refractivity contribution in [3.05, 3.63) is 47.3 Å². The van der Waals surface area contributed by atoms with Gasteiger partial charge in [-0.05, 0) is 23.8 Å². The van der Waals surface area contributed by atoms with Crippen LogP contribution in [0.15, 0.2) is 30.9 Å². The summed E-state index contributed by atoms with van der Waals surface area (Å²) in [6.45, 7) is 3.34. The fourth-order valence-corrected chi connectivity index (χ4v) is 1.16. The van der Waals surface area contributed by atoms with Crippen molar-refractivity contribution in [3.63, 3.8) is 0 Å². The quantitative estimate of drug-likeness (QED) is 0.683. The molecule has 0 saturated heterocycles. The summed E-state index contributed by atoms with van der Waals surface area (Å²) in [6, 6.07) is 3.96. The lowest BCUT2D eigenvalue weighted by Crippen LogP contribution is -1.98. The second-order valence-corrected chi connectivity index (χ2v) is 2.99. The molecule has 0 saturated carbocycles. The molecule has 0 fully saturated rings. The van der Waals surface area contributed by atoms with E-state index in [1.165, 1.54) is 24.3 Å². The second-order valence-electron chi connectivity index (χ2n) is 2.58. The molecule has 1 aromatic rings. The molecule has 1 nitrogen and oxygen atoms in total. The Labute approximate surface area is 80.8 Å². The monoisotopic (exact) mass is 198 g/mol. The Balaban J connectivity index is 2.89. The number of carbonyl (C=O) groups is 1. The van der Waals surface area contributed by atoms with Crippen molar-refractivity contribution in [2.75, 3.05) is 0 Å². The van der Waals surface area contributed by atoms with Gasteiger partial charge in [0, 0.05) is 11.4 Å². The van der Waals surface area contributed by atoms with E-state index in [4.69, 9.17) is 11.6 Å². The Morgan fingerprint density at radius 2 is 2.31 bits per heavy atom. The summed E-state index contributed by atoms with van der Waals surface area (Å²) in [5, 5.41) is 0.273. The van der Waals surface area contributed by atoms with Crippen LogP contribution >= 0.6 is 11.6 Å². The van der Waals surface area contributed by atoms with Crippen LogP contribution in [0.25, 0.3) is 0 Å². The van der Waals surface area contributed by atoms with Gasteiger partial charge >= 0.3 is 0 Å². The topological polar surface area (TPSA) is 17.1 Å². The van der Waals surface area contributed by atoms with E-state index in [-0.39, 0.29) is 17.2 Å². The normalized spacial score (nSPS) is 9.69. The Kier molecular flexibility index (Phi) is 3.20. The number of rotatable bonds is 3. The molecule has 1 rings (SSSR count). The minimum Gasteiger partial charge on any atom is -0.295 e. The van der Waals surface area contributed by atoms with Gasteiger partial charge in [0.05, 0.1) is 0 Å². The third-order valence-corrected chi connectivity index (χ3v) is 1.96. The van der Waals surface area contributed by atoms with Crippen LogP contribution in [0.3, 0.4) is 0 Å². The zero-order chi connectivity index (χ0) is 9.84. The molecule has 0 aromatic heterocycles.